The maximum atomic E-state index is 13.5. The molecule has 156 valence electrons. The maximum absolute atomic E-state index is 13.5. The van der Waals surface area contributed by atoms with Crippen LogP contribution in [-0.4, -0.2) is 0 Å². The Hall–Kier alpha value is -1.70. The summed E-state index contributed by atoms with van der Waals surface area (Å²) in [6.45, 7) is 2.29. The molecule has 0 aliphatic heterocycles. The highest BCUT2D eigenvalue weighted by Gasteiger charge is 2.35. The third-order valence-corrected chi connectivity index (χ3v) is 7.52. The van der Waals surface area contributed by atoms with E-state index in [4.69, 9.17) is 0 Å². The minimum Gasteiger partial charge on any atom is -0.207 e. The van der Waals surface area contributed by atoms with Crippen molar-refractivity contribution in [3.05, 3.63) is 59.7 Å². The Morgan fingerprint density at radius 3 is 2.17 bits per heavy atom. The summed E-state index contributed by atoms with van der Waals surface area (Å²) in [5, 5.41) is 0. The van der Waals surface area contributed by atoms with E-state index in [0.29, 0.717) is 11.5 Å². The monoisotopic (exact) mass is 396 g/mol. The predicted molar refractivity (Wildman–Crippen MR) is 117 cm³/mol. The highest BCUT2D eigenvalue weighted by molar-refractivity contribution is 5.63. The van der Waals surface area contributed by atoms with Crippen LogP contribution >= 0.6 is 0 Å². The molecule has 4 unspecified atom stereocenters. The highest BCUT2D eigenvalue weighted by Crippen LogP contribution is 2.48. The lowest BCUT2D eigenvalue weighted by atomic mass is 9.63. The molecular weight excluding hydrogens is 362 g/mol. The molecule has 2 aromatic carbocycles. The summed E-state index contributed by atoms with van der Waals surface area (Å²) >= 11 is 0. The zero-order valence-corrected chi connectivity index (χ0v) is 17.7. The van der Waals surface area contributed by atoms with Gasteiger partial charge < -0.3 is 0 Å². The molecule has 0 nitrogen and oxygen atoms in total. The molecule has 2 heteroatoms. The molecule has 2 aromatic rings. The van der Waals surface area contributed by atoms with Crippen molar-refractivity contribution >= 4 is 0 Å². The fourth-order valence-corrected chi connectivity index (χ4v) is 5.90. The largest absolute Gasteiger partial charge is 0.207 e. The third kappa shape index (κ3) is 5.08. The number of fused-ring (bicyclic) bond motifs is 1. The average Bonchev–Trinajstić information content (AvgIpc) is 2.73. The second-order valence-corrected chi connectivity index (χ2v) is 9.49. The Bertz CT molecular complexity index is 774. The van der Waals surface area contributed by atoms with E-state index in [1.165, 1.54) is 81.9 Å². The molecule has 0 saturated heterocycles. The SMILES string of the molecule is CCCCCC1CCC2CC(c3ccc(-c4cc(F)cc(F)c4)cc3)CCC2C1. The summed E-state index contributed by atoms with van der Waals surface area (Å²) in [6, 6.07) is 12.2. The van der Waals surface area contributed by atoms with Crippen molar-refractivity contribution in [1.82, 2.24) is 0 Å². The summed E-state index contributed by atoms with van der Waals surface area (Å²) in [4.78, 5) is 0. The van der Waals surface area contributed by atoms with Gasteiger partial charge in [-0.25, -0.2) is 8.78 Å². The topological polar surface area (TPSA) is 0 Å². The number of benzene rings is 2. The Labute approximate surface area is 174 Å². The van der Waals surface area contributed by atoms with E-state index in [-0.39, 0.29) is 0 Å². The van der Waals surface area contributed by atoms with Crippen molar-refractivity contribution in [1.29, 1.82) is 0 Å². The highest BCUT2D eigenvalue weighted by atomic mass is 19.1. The molecule has 4 atom stereocenters. The van der Waals surface area contributed by atoms with Crippen molar-refractivity contribution < 1.29 is 8.78 Å². The Morgan fingerprint density at radius 1 is 0.759 bits per heavy atom. The zero-order chi connectivity index (χ0) is 20.2. The molecule has 2 aliphatic carbocycles. The van der Waals surface area contributed by atoms with Gasteiger partial charge in [0.2, 0.25) is 0 Å². The van der Waals surface area contributed by atoms with Gasteiger partial charge in [0.25, 0.3) is 0 Å². The van der Waals surface area contributed by atoms with Gasteiger partial charge in [-0.05, 0) is 84.6 Å². The van der Waals surface area contributed by atoms with Gasteiger partial charge in [-0.15, -0.1) is 0 Å². The fraction of sp³-hybridized carbons (Fsp3) is 0.556. The van der Waals surface area contributed by atoms with Gasteiger partial charge >= 0.3 is 0 Å². The Kier molecular flexibility index (Phi) is 6.67. The van der Waals surface area contributed by atoms with Gasteiger partial charge in [0.05, 0.1) is 0 Å². The van der Waals surface area contributed by atoms with Crippen LogP contribution < -0.4 is 0 Å². The quantitative estimate of drug-likeness (QED) is 0.429. The number of rotatable bonds is 6. The molecule has 0 N–H and O–H groups in total. The van der Waals surface area contributed by atoms with E-state index >= 15 is 0 Å². The van der Waals surface area contributed by atoms with Gasteiger partial charge in [-0.2, -0.15) is 0 Å². The average molecular weight is 397 g/mol. The minimum absolute atomic E-state index is 0.521. The van der Waals surface area contributed by atoms with Crippen molar-refractivity contribution in [2.75, 3.05) is 0 Å². The van der Waals surface area contributed by atoms with Gasteiger partial charge in [-0.3, -0.25) is 0 Å². The molecule has 0 spiro atoms. The number of hydrogen-bond donors (Lipinski definition) is 0. The Morgan fingerprint density at radius 2 is 1.45 bits per heavy atom. The van der Waals surface area contributed by atoms with Crippen LogP contribution in [0.2, 0.25) is 0 Å². The smallest absolute Gasteiger partial charge is 0.126 e. The number of unbranched alkanes of at least 4 members (excludes halogenated alkanes) is 2. The molecule has 2 aliphatic rings. The first-order valence-corrected chi connectivity index (χ1v) is 11.7. The normalized spacial score (nSPS) is 26.9. The standard InChI is InChI=1S/C27H34F2/c1-2-3-4-5-19-6-7-24-15-23(13-12-22(24)14-19)20-8-10-21(11-9-20)25-16-26(28)18-27(29)17-25/h8-11,16-19,22-24H,2-7,12-15H2,1H3. The molecule has 0 bridgehead atoms. The molecule has 0 aromatic heterocycles. The zero-order valence-electron chi connectivity index (χ0n) is 17.7. The second-order valence-electron chi connectivity index (χ2n) is 9.49. The van der Waals surface area contributed by atoms with Crippen LogP contribution in [0.3, 0.4) is 0 Å². The Balaban J connectivity index is 1.36. The van der Waals surface area contributed by atoms with Gasteiger partial charge in [0.1, 0.15) is 11.6 Å². The lowest BCUT2D eigenvalue weighted by molar-refractivity contribution is 0.113. The van der Waals surface area contributed by atoms with E-state index in [2.05, 4.69) is 19.1 Å². The van der Waals surface area contributed by atoms with E-state index in [9.17, 15) is 8.78 Å². The summed E-state index contributed by atoms with van der Waals surface area (Å²) in [7, 11) is 0. The summed E-state index contributed by atoms with van der Waals surface area (Å²) in [5.41, 5.74) is 2.89. The van der Waals surface area contributed by atoms with Gasteiger partial charge in [-0.1, -0.05) is 63.3 Å². The molecule has 2 saturated carbocycles. The van der Waals surface area contributed by atoms with Crippen molar-refractivity contribution in [2.24, 2.45) is 17.8 Å². The molecular formula is C27H34F2. The number of hydrogen-bond acceptors (Lipinski definition) is 0. The van der Waals surface area contributed by atoms with Gasteiger partial charge in [0.15, 0.2) is 0 Å². The van der Waals surface area contributed by atoms with Crippen LogP contribution in [0.4, 0.5) is 8.78 Å². The van der Waals surface area contributed by atoms with Gasteiger partial charge in [0, 0.05) is 6.07 Å². The molecule has 0 amide bonds. The van der Waals surface area contributed by atoms with Crippen LogP contribution in [0.15, 0.2) is 42.5 Å². The first-order valence-electron chi connectivity index (χ1n) is 11.7. The molecule has 29 heavy (non-hydrogen) atoms. The van der Waals surface area contributed by atoms with E-state index in [0.717, 1.165) is 29.4 Å². The third-order valence-electron chi connectivity index (χ3n) is 7.52. The lowest BCUT2D eigenvalue weighted by Gasteiger charge is -2.42. The van der Waals surface area contributed by atoms with Crippen LogP contribution in [0.25, 0.3) is 11.1 Å². The number of halogens is 2. The minimum atomic E-state index is -0.521. The van der Waals surface area contributed by atoms with Crippen LogP contribution in [0.5, 0.6) is 0 Å². The van der Waals surface area contributed by atoms with E-state index < -0.39 is 11.6 Å². The van der Waals surface area contributed by atoms with Crippen LogP contribution in [-0.2, 0) is 0 Å². The first kappa shape index (κ1) is 20.6. The van der Waals surface area contributed by atoms with Crippen LogP contribution in [0, 0.1) is 29.4 Å². The maximum Gasteiger partial charge on any atom is 0.126 e. The van der Waals surface area contributed by atoms with Crippen LogP contribution in [0.1, 0.15) is 82.6 Å². The van der Waals surface area contributed by atoms with E-state index in [1.807, 2.05) is 12.1 Å². The summed E-state index contributed by atoms with van der Waals surface area (Å²) in [5.74, 6) is 2.42. The summed E-state index contributed by atoms with van der Waals surface area (Å²) < 4.78 is 27.0. The fourth-order valence-electron chi connectivity index (χ4n) is 5.90. The second kappa shape index (κ2) is 9.41. The summed E-state index contributed by atoms with van der Waals surface area (Å²) in [6.07, 6.45) is 13.9. The molecule has 0 radical (unpaired) electrons. The molecule has 4 rings (SSSR count). The van der Waals surface area contributed by atoms with E-state index in [1.54, 1.807) is 0 Å². The molecule has 2 fully saturated rings. The van der Waals surface area contributed by atoms with Crippen molar-refractivity contribution in [2.45, 2.75) is 77.0 Å². The predicted octanol–water partition coefficient (Wildman–Crippen LogP) is 8.51. The van der Waals surface area contributed by atoms with Crippen molar-refractivity contribution in [3.8, 4) is 11.1 Å². The first-order chi connectivity index (χ1) is 14.1. The lowest BCUT2D eigenvalue weighted by Crippen LogP contribution is -2.30. The van der Waals surface area contributed by atoms with Crippen molar-refractivity contribution in [3.63, 3.8) is 0 Å². The molecule has 0 heterocycles.